The van der Waals surface area contributed by atoms with Gasteiger partial charge in [0, 0.05) is 6.42 Å². The number of carbonyl (C=O) groups excluding carboxylic acids is 1. The molecule has 0 radical (unpaired) electrons. The number of anilines is 1. The molecule has 0 aliphatic rings. The van der Waals surface area contributed by atoms with E-state index in [1.54, 1.807) is 18.2 Å². The maximum atomic E-state index is 13.1. The fourth-order valence-corrected chi connectivity index (χ4v) is 1.20. The summed E-state index contributed by atoms with van der Waals surface area (Å²) in [5, 5.41) is 5.47. The number of benzene rings is 1. The van der Waals surface area contributed by atoms with E-state index < -0.39 is 5.82 Å². The topological polar surface area (TPSA) is 41.1 Å². The van der Waals surface area contributed by atoms with Gasteiger partial charge in [-0.3, -0.25) is 4.79 Å². The normalized spacial score (nSPS) is 10.0. The molecule has 0 aromatic heterocycles. The van der Waals surface area contributed by atoms with Gasteiger partial charge in [0.2, 0.25) is 5.91 Å². The standard InChI is InChI=1S/C11H15FN2O/c1-13-8-4-7-11(15)14-10-6-3-2-5-9(10)12/h2-3,5-6,13H,4,7-8H2,1H3,(H,14,15). The second-order valence-corrected chi connectivity index (χ2v) is 3.24. The first-order valence-electron chi connectivity index (χ1n) is 4.93. The molecular formula is C11H15FN2O. The highest BCUT2D eigenvalue weighted by Crippen LogP contribution is 2.12. The van der Waals surface area contributed by atoms with Crippen LogP contribution in [0.25, 0.3) is 0 Å². The molecule has 4 heteroatoms. The van der Waals surface area contributed by atoms with Gasteiger partial charge < -0.3 is 10.6 Å². The highest BCUT2D eigenvalue weighted by molar-refractivity contribution is 5.90. The van der Waals surface area contributed by atoms with Gasteiger partial charge in [0.15, 0.2) is 0 Å². The number of hydrogen-bond donors (Lipinski definition) is 2. The van der Waals surface area contributed by atoms with Crippen LogP contribution in [0.15, 0.2) is 24.3 Å². The van der Waals surface area contributed by atoms with Gasteiger partial charge in [0.1, 0.15) is 5.82 Å². The smallest absolute Gasteiger partial charge is 0.224 e. The van der Waals surface area contributed by atoms with Crippen LogP contribution in [0.5, 0.6) is 0 Å². The van der Waals surface area contributed by atoms with Crippen molar-refractivity contribution in [3.05, 3.63) is 30.1 Å². The third-order valence-corrected chi connectivity index (χ3v) is 1.98. The molecule has 0 atom stereocenters. The van der Waals surface area contributed by atoms with E-state index in [1.165, 1.54) is 6.07 Å². The van der Waals surface area contributed by atoms with Crippen molar-refractivity contribution in [2.45, 2.75) is 12.8 Å². The highest BCUT2D eigenvalue weighted by Gasteiger charge is 2.04. The van der Waals surface area contributed by atoms with Crippen molar-refractivity contribution in [3.63, 3.8) is 0 Å². The third-order valence-electron chi connectivity index (χ3n) is 1.98. The quantitative estimate of drug-likeness (QED) is 0.727. The van der Waals surface area contributed by atoms with Gasteiger partial charge in [0.25, 0.3) is 0 Å². The zero-order valence-corrected chi connectivity index (χ0v) is 8.72. The lowest BCUT2D eigenvalue weighted by atomic mass is 10.2. The molecule has 0 aliphatic carbocycles. The molecule has 3 nitrogen and oxygen atoms in total. The fourth-order valence-electron chi connectivity index (χ4n) is 1.20. The number of para-hydroxylation sites is 1. The molecule has 0 saturated carbocycles. The van der Waals surface area contributed by atoms with Crippen molar-refractivity contribution in [2.24, 2.45) is 0 Å². The molecule has 0 bridgehead atoms. The van der Waals surface area contributed by atoms with Crippen LogP contribution < -0.4 is 10.6 Å². The van der Waals surface area contributed by atoms with Crippen LogP contribution in [0.4, 0.5) is 10.1 Å². The number of nitrogens with one attached hydrogen (secondary N) is 2. The molecule has 0 heterocycles. The molecule has 0 spiro atoms. The zero-order valence-electron chi connectivity index (χ0n) is 8.72. The van der Waals surface area contributed by atoms with E-state index in [0.29, 0.717) is 6.42 Å². The predicted octanol–water partition coefficient (Wildman–Crippen LogP) is 1.76. The van der Waals surface area contributed by atoms with Gasteiger partial charge in [-0.05, 0) is 32.1 Å². The summed E-state index contributed by atoms with van der Waals surface area (Å²) in [6.07, 6.45) is 1.14. The SMILES string of the molecule is CNCCCC(=O)Nc1ccccc1F. The number of halogens is 1. The lowest BCUT2D eigenvalue weighted by Gasteiger charge is -2.05. The van der Waals surface area contributed by atoms with Gasteiger partial charge in [-0.25, -0.2) is 4.39 Å². The average molecular weight is 210 g/mol. The second kappa shape index (κ2) is 6.14. The molecule has 1 aromatic carbocycles. The molecule has 82 valence electrons. The first-order chi connectivity index (χ1) is 7.24. The Hall–Kier alpha value is -1.42. The van der Waals surface area contributed by atoms with Gasteiger partial charge >= 0.3 is 0 Å². The van der Waals surface area contributed by atoms with E-state index in [1.807, 2.05) is 7.05 Å². The summed E-state index contributed by atoms with van der Waals surface area (Å²) in [5.74, 6) is -0.560. The monoisotopic (exact) mass is 210 g/mol. The van der Waals surface area contributed by atoms with Crippen LogP contribution in [-0.2, 0) is 4.79 Å². The van der Waals surface area contributed by atoms with Gasteiger partial charge in [-0.15, -0.1) is 0 Å². The Morgan fingerprint density at radius 3 is 2.80 bits per heavy atom. The Morgan fingerprint density at radius 1 is 1.40 bits per heavy atom. The largest absolute Gasteiger partial charge is 0.324 e. The van der Waals surface area contributed by atoms with E-state index in [-0.39, 0.29) is 11.6 Å². The van der Waals surface area contributed by atoms with E-state index >= 15 is 0 Å². The Balaban J connectivity index is 2.41. The molecule has 2 N–H and O–H groups in total. The summed E-state index contributed by atoms with van der Waals surface area (Å²) in [5.41, 5.74) is 0.243. The maximum Gasteiger partial charge on any atom is 0.224 e. The first kappa shape index (κ1) is 11.7. The summed E-state index contributed by atoms with van der Waals surface area (Å²) < 4.78 is 13.1. The predicted molar refractivity (Wildman–Crippen MR) is 58.2 cm³/mol. The highest BCUT2D eigenvalue weighted by atomic mass is 19.1. The van der Waals surface area contributed by atoms with Crippen LogP contribution in [0.2, 0.25) is 0 Å². The van der Waals surface area contributed by atoms with Crippen molar-refractivity contribution < 1.29 is 9.18 Å². The van der Waals surface area contributed by atoms with E-state index in [0.717, 1.165) is 13.0 Å². The average Bonchev–Trinajstić information content (AvgIpc) is 2.22. The summed E-state index contributed by atoms with van der Waals surface area (Å²) in [6.45, 7) is 0.782. The number of carbonyl (C=O) groups is 1. The fraction of sp³-hybridized carbons (Fsp3) is 0.364. The Morgan fingerprint density at radius 2 is 2.13 bits per heavy atom. The summed E-state index contributed by atoms with van der Waals surface area (Å²) >= 11 is 0. The van der Waals surface area contributed by atoms with Crippen molar-refractivity contribution in [3.8, 4) is 0 Å². The number of rotatable bonds is 5. The Kier molecular flexibility index (Phi) is 4.77. The molecule has 1 amide bonds. The van der Waals surface area contributed by atoms with Gasteiger partial charge in [-0.2, -0.15) is 0 Å². The lowest BCUT2D eigenvalue weighted by molar-refractivity contribution is -0.116. The van der Waals surface area contributed by atoms with Crippen LogP contribution in [-0.4, -0.2) is 19.5 Å². The molecule has 0 aliphatic heterocycles. The minimum atomic E-state index is -0.403. The van der Waals surface area contributed by atoms with Gasteiger partial charge in [0.05, 0.1) is 5.69 Å². The van der Waals surface area contributed by atoms with Crippen LogP contribution in [0.1, 0.15) is 12.8 Å². The summed E-state index contributed by atoms with van der Waals surface area (Å²) in [6, 6.07) is 6.15. The minimum Gasteiger partial charge on any atom is -0.324 e. The molecule has 1 aromatic rings. The van der Waals surface area contributed by atoms with Crippen molar-refractivity contribution in [2.75, 3.05) is 18.9 Å². The first-order valence-corrected chi connectivity index (χ1v) is 4.93. The maximum absolute atomic E-state index is 13.1. The third kappa shape index (κ3) is 4.08. The van der Waals surface area contributed by atoms with Crippen molar-refractivity contribution in [1.29, 1.82) is 0 Å². The van der Waals surface area contributed by atoms with Crippen molar-refractivity contribution in [1.82, 2.24) is 5.32 Å². The van der Waals surface area contributed by atoms with Gasteiger partial charge in [-0.1, -0.05) is 12.1 Å². The lowest BCUT2D eigenvalue weighted by Crippen LogP contribution is -2.15. The molecule has 0 saturated heterocycles. The van der Waals surface area contributed by atoms with Crippen LogP contribution >= 0.6 is 0 Å². The number of hydrogen-bond acceptors (Lipinski definition) is 2. The van der Waals surface area contributed by atoms with Crippen LogP contribution in [0, 0.1) is 5.82 Å². The zero-order chi connectivity index (χ0) is 11.1. The Labute approximate surface area is 88.7 Å². The molecule has 15 heavy (non-hydrogen) atoms. The molecule has 0 unspecified atom stereocenters. The van der Waals surface area contributed by atoms with E-state index in [4.69, 9.17) is 0 Å². The number of amides is 1. The molecule has 1 rings (SSSR count). The minimum absolute atomic E-state index is 0.157. The summed E-state index contributed by atoms with van der Waals surface area (Å²) in [4.78, 5) is 11.3. The van der Waals surface area contributed by atoms with Crippen molar-refractivity contribution >= 4 is 11.6 Å². The van der Waals surface area contributed by atoms with E-state index in [2.05, 4.69) is 10.6 Å². The second-order valence-electron chi connectivity index (χ2n) is 3.24. The Bertz CT molecular complexity index is 328. The molecular weight excluding hydrogens is 195 g/mol. The van der Waals surface area contributed by atoms with E-state index in [9.17, 15) is 9.18 Å². The van der Waals surface area contributed by atoms with Crippen LogP contribution in [0.3, 0.4) is 0 Å². The molecule has 0 fully saturated rings. The summed E-state index contributed by atoms with van der Waals surface area (Å²) in [7, 11) is 1.83.